The van der Waals surface area contributed by atoms with Gasteiger partial charge in [0.1, 0.15) is 11.5 Å². The van der Waals surface area contributed by atoms with Gasteiger partial charge in [0.15, 0.2) is 0 Å². The second kappa shape index (κ2) is 6.94. The number of nitrogens with zero attached hydrogens (tertiary/aromatic N) is 2. The predicted molar refractivity (Wildman–Crippen MR) is 96.9 cm³/mol. The molecular weight excluding hydrogens is 359 g/mol. The molecular formula is C17H17FN4O3S. The molecule has 0 atom stereocenters. The summed E-state index contributed by atoms with van der Waals surface area (Å²) in [6.45, 7) is 1.62. The molecule has 0 bridgehead atoms. The van der Waals surface area contributed by atoms with Crippen molar-refractivity contribution >= 4 is 21.2 Å². The predicted octanol–water partition coefficient (Wildman–Crippen LogP) is 1.75. The van der Waals surface area contributed by atoms with E-state index in [0.717, 1.165) is 4.31 Å². The second-order valence-electron chi connectivity index (χ2n) is 5.72. The third-order valence-electron chi connectivity index (χ3n) is 4.06. The number of pyridine rings is 2. The standard InChI is InChI=1S/C17H17FN4O3S/c1-2-22(26(19,24)25)10-12-4-3-11(9-15(12)18)13-7-8-20-17-14(13)5-6-16(23)21-17/h3-9H,2,10H2,1H3,(H2,19,24,25)(H,20,21,23). The fourth-order valence-electron chi connectivity index (χ4n) is 2.73. The van der Waals surface area contributed by atoms with E-state index in [1.54, 1.807) is 25.1 Å². The Hall–Kier alpha value is -2.62. The lowest BCUT2D eigenvalue weighted by Gasteiger charge is -2.18. The van der Waals surface area contributed by atoms with Gasteiger partial charge in [-0.05, 0) is 29.3 Å². The fourth-order valence-corrected chi connectivity index (χ4v) is 3.40. The van der Waals surface area contributed by atoms with Gasteiger partial charge in [-0.2, -0.15) is 12.7 Å². The van der Waals surface area contributed by atoms with Crippen molar-refractivity contribution in [1.29, 1.82) is 0 Å². The summed E-state index contributed by atoms with van der Waals surface area (Å²) in [5.41, 5.74) is 1.65. The van der Waals surface area contributed by atoms with Gasteiger partial charge in [0, 0.05) is 36.3 Å². The van der Waals surface area contributed by atoms with Crippen LogP contribution >= 0.6 is 0 Å². The van der Waals surface area contributed by atoms with Gasteiger partial charge >= 0.3 is 0 Å². The summed E-state index contributed by atoms with van der Waals surface area (Å²) >= 11 is 0. The van der Waals surface area contributed by atoms with E-state index in [2.05, 4.69) is 9.97 Å². The Morgan fingerprint density at radius 3 is 2.65 bits per heavy atom. The highest BCUT2D eigenvalue weighted by Crippen LogP contribution is 2.27. The smallest absolute Gasteiger partial charge is 0.277 e. The molecule has 0 aliphatic rings. The quantitative estimate of drug-likeness (QED) is 0.707. The Morgan fingerprint density at radius 1 is 1.23 bits per heavy atom. The van der Waals surface area contributed by atoms with Crippen molar-refractivity contribution in [1.82, 2.24) is 14.3 Å². The largest absolute Gasteiger partial charge is 0.307 e. The van der Waals surface area contributed by atoms with Crippen molar-refractivity contribution in [3.63, 3.8) is 0 Å². The van der Waals surface area contributed by atoms with E-state index < -0.39 is 16.0 Å². The number of nitrogens with one attached hydrogen (secondary N) is 1. The molecule has 7 nitrogen and oxygen atoms in total. The highest BCUT2D eigenvalue weighted by molar-refractivity contribution is 7.86. The van der Waals surface area contributed by atoms with Gasteiger partial charge in [-0.15, -0.1) is 0 Å². The molecule has 3 N–H and O–H groups in total. The number of aromatic amines is 1. The number of hydrogen-bond acceptors (Lipinski definition) is 4. The number of nitrogens with two attached hydrogens (primary N) is 1. The van der Waals surface area contributed by atoms with Gasteiger partial charge in [0.25, 0.3) is 10.2 Å². The van der Waals surface area contributed by atoms with E-state index >= 15 is 0 Å². The Labute approximate surface area is 149 Å². The third kappa shape index (κ3) is 3.64. The first kappa shape index (κ1) is 18.2. The van der Waals surface area contributed by atoms with Crippen LogP contribution in [0.3, 0.4) is 0 Å². The van der Waals surface area contributed by atoms with Gasteiger partial charge in [-0.25, -0.2) is 14.5 Å². The van der Waals surface area contributed by atoms with Crippen LogP contribution in [0.15, 0.2) is 47.4 Å². The summed E-state index contributed by atoms with van der Waals surface area (Å²) in [5.74, 6) is -0.543. The van der Waals surface area contributed by atoms with Crippen LogP contribution in [0.25, 0.3) is 22.2 Å². The maximum atomic E-state index is 14.5. The van der Waals surface area contributed by atoms with Crippen LogP contribution in [0.5, 0.6) is 0 Å². The van der Waals surface area contributed by atoms with E-state index in [1.807, 2.05) is 0 Å². The van der Waals surface area contributed by atoms with E-state index in [4.69, 9.17) is 5.14 Å². The molecule has 3 aromatic rings. The third-order valence-corrected chi connectivity index (χ3v) is 5.16. The molecule has 0 spiro atoms. The average molecular weight is 376 g/mol. The van der Waals surface area contributed by atoms with E-state index in [1.165, 1.54) is 24.4 Å². The summed E-state index contributed by atoms with van der Waals surface area (Å²) < 4.78 is 38.5. The molecule has 3 rings (SSSR count). The van der Waals surface area contributed by atoms with Crippen LogP contribution in [-0.2, 0) is 16.8 Å². The summed E-state index contributed by atoms with van der Waals surface area (Å²) in [6.07, 6.45) is 1.53. The molecule has 0 saturated heterocycles. The number of halogens is 1. The summed E-state index contributed by atoms with van der Waals surface area (Å²) in [5, 5.41) is 5.80. The van der Waals surface area contributed by atoms with Gasteiger partial charge in [0.2, 0.25) is 5.56 Å². The van der Waals surface area contributed by atoms with E-state index in [-0.39, 0.29) is 24.2 Å². The number of aromatic nitrogens is 2. The highest BCUT2D eigenvalue weighted by atomic mass is 32.2. The van der Waals surface area contributed by atoms with Crippen LogP contribution in [-0.4, -0.2) is 29.2 Å². The van der Waals surface area contributed by atoms with Gasteiger partial charge in [0.05, 0.1) is 0 Å². The van der Waals surface area contributed by atoms with Gasteiger partial charge in [-0.1, -0.05) is 19.1 Å². The van der Waals surface area contributed by atoms with Crippen molar-refractivity contribution in [2.45, 2.75) is 13.5 Å². The minimum Gasteiger partial charge on any atom is -0.307 e. The van der Waals surface area contributed by atoms with Crippen molar-refractivity contribution in [3.05, 3.63) is 64.3 Å². The molecule has 26 heavy (non-hydrogen) atoms. The number of fused-ring (bicyclic) bond motifs is 1. The summed E-state index contributed by atoms with van der Waals surface area (Å²) in [6, 6.07) is 9.27. The molecule has 0 unspecified atom stereocenters. The Balaban J connectivity index is 2.02. The fraction of sp³-hybridized carbons (Fsp3) is 0.176. The molecule has 2 heterocycles. The maximum Gasteiger partial charge on any atom is 0.277 e. The zero-order valence-corrected chi connectivity index (χ0v) is 14.8. The molecule has 1 aromatic carbocycles. The molecule has 0 aliphatic heterocycles. The summed E-state index contributed by atoms with van der Waals surface area (Å²) in [4.78, 5) is 18.2. The molecule has 0 aliphatic carbocycles. The molecule has 136 valence electrons. The lowest BCUT2D eigenvalue weighted by atomic mass is 10.0. The molecule has 0 saturated carbocycles. The molecule has 0 amide bonds. The first-order valence-electron chi connectivity index (χ1n) is 7.84. The van der Waals surface area contributed by atoms with E-state index in [0.29, 0.717) is 22.2 Å². The molecule has 0 radical (unpaired) electrons. The SMILES string of the molecule is CCN(Cc1ccc(-c2ccnc3[nH]c(=O)ccc23)cc1F)S(N)(=O)=O. The van der Waals surface area contributed by atoms with Crippen molar-refractivity contribution in [2.24, 2.45) is 5.14 Å². The van der Waals surface area contributed by atoms with Gasteiger partial charge in [-0.3, -0.25) is 4.79 Å². The summed E-state index contributed by atoms with van der Waals surface area (Å²) in [7, 11) is -3.90. The Kier molecular flexibility index (Phi) is 4.86. The van der Waals surface area contributed by atoms with Crippen LogP contribution in [0.1, 0.15) is 12.5 Å². The first-order chi connectivity index (χ1) is 12.3. The zero-order chi connectivity index (χ0) is 18.9. The lowest BCUT2D eigenvalue weighted by molar-refractivity contribution is 0.416. The topological polar surface area (TPSA) is 109 Å². The van der Waals surface area contributed by atoms with E-state index in [9.17, 15) is 17.6 Å². The molecule has 9 heteroatoms. The Bertz CT molecular complexity index is 1130. The second-order valence-corrected chi connectivity index (χ2v) is 7.27. The van der Waals surface area contributed by atoms with Crippen LogP contribution in [0.2, 0.25) is 0 Å². The van der Waals surface area contributed by atoms with Crippen LogP contribution in [0, 0.1) is 5.82 Å². The normalized spacial score (nSPS) is 12.0. The maximum absolute atomic E-state index is 14.5. The van der Waals surface area contributed by atoms with Crippen molar-refractivity contribution in [3.8, 4) is 11.1 Å². The number of benzene rings is 1. The van der Waals surface area contributed by atoms with Crippen molar-refractivity contribution in [2.75, 3.05) is 6.54 Å². The van der Waals surface area contributed by atoms with Crippen LogP contribution in [0.4, 0.5) is 4.39 Å². The monoisotopic (exact) mass is 376 g/mol. The minimum absolute atomic E-state index is 0.141. The lowest BCUT2D eigenvalue weighted by Crippen LogP contribution is -2.36. The Morgan fingerprint density at radius 2 is 2.00 bits per heavy atom. The number of rotatable bonds is 5. The molecule has 0 fully saturated rings. The number of hydrogen-bond donors (Lipinski definition) is 2. The van der Waals surface area contributed by atoms with Crippen LogP contribution < -0.4 is 10.7 Å². The highest BCUT2D eigenvalue weighted by Gasteiger charge is 2.18. The van der Waals surface area contributed by atoms with Gasteiger partial charge < -0.3 is 4.98 Å². The van der Waals surface area contributed by atoms with Crippen molar-refractivity contribution < 1.29 is 12.8 Å². The number of H-pyrrole nitrogens is 1. The average Bonchev–Trinajstić information content (AvgIpc) is 2.58. The molecule has 2 aromatic heterocycles. The first-order valence-corrected chi connectivity index (χ1v) is 9.34. The minimum atomic E-state index is -3.90. The zero-order valence-electron chi connectivity index (χ0n) is 13.9.